The van der Waals surface area contributed by atoms with Gasteiger partial charge in [-0.15, -0.1) is 0 Å². The van der Waals surface area contributed by atoms with E-state index in [4.69, 9.17) is 10.3 Å². The molecule has 0 amide bonds. The average molecular weight is 312 g/mol. The van der Waals surface area contributed by atoms with Gasteiger partial charge in [-0.25, -0.2) is 4.99 Å². The van der Waals surface area contributed by atoms with Gasteiger partial charge in [0.2, 0.25) is 0 Å². The summed E-state index contributed by atoms with van der Waals surface area (Å²) < 4.78 is 0. The molecule has 0 aliphatic carbocycles. The lowest BCUT2D eigenvalue weighted by Crippen LogP contribution is -2.31. The molecule has 24 heavy (non-hydrogen) atoms. The molecule has 0 fully saturated rings. The van der Waals surface area contributed by atoms with Crippen LogP contribution in [0.4, 0.5) is 5.69 Å². The first-order valence-corrected chi connectivity index (χ1v) is 7.99. The van der Waals surface area contributed by atoms with Crippen molar-refractivity contribution in [1.29, 1.82) is 5.26 Å². The summed E-state index contributed by atoms with van der Waals surface area (Å²) in [6.45, 7) is 1.28. The fourth-order valence-corrected chi connectivity index (χ4v) is 3.15. The molecule has 4 nitrogen and oxygen atoms in total. The van der Waals surface area contributed by atoms with Crippen molar-refractivity contribution in [2.75, 3.05) is 6.54 Å². The number of hydrogen-bond donors (Lipinski definition) is 0. The van der Waals surface area contributed by atoms with Crippen LogP contribution in [0, 0.1) is 11.3 Å². The van der Waals surface area contributed by atoms with Crippen molar-refractivity contribution in [3.05, 3.63) is 72.1 Å². The molecule has 0 bridgehead atoms. The van der Waals surface area contributed by atoms with Gasteiger partial charge in [0, 0.05) is 23.7 Å². The maximum Gasteiger partial charge on any atom is 0.137 e. The van der Waals surface area contributed by atoms with Crippen molar-refractivity contribution >= 4 is 22.3 Å². The highest BCUT2D eigenvalue weighted by Gasteiger charge is 2.23. The number of hydrogen-bond acceptors (Lipinski definition) is 4. The predicted molar refractivity (Wildman–Crippen MR) is 95.0 cm³/mol. The standard InChI is InChI=1S/C20H16N4/c21-11-5-13-24(14-16-8-1-2-12-22-16)20-17-9-3-6-15-7-4-10-18(23-20)19(15)17/h1-4,6-10,12H,5,13-14H2. The minimum absolute atomic E-state index is 0.457. The van der Waals surface area contributed by atoms with E-state index in [1.54, 1.807) is 6.20 Å². The minimum Gasteiger partial charge on any atom is -0.349 e. The van der Waals surface area contributed by atoms with Crippen molar-refractivity contribution in [2.45, 2.75) is 13.0 Å². The number of rotatable bonds is 4. The van der Waals surface area contributed by atoms with E-state index in [0.717, 1.165) is 22.8 Å². The molecule has 0 N–H and O–H groups in total. The Morgan fingerprint density at radius 2 is 1.88 bits per heavy atom. The summed E-state index contributed by atoms with van der Waals surface area (Å²) in [6.07, 6.45) is 2.25. The second-order valence-corrected chi connectivity index (χ2v) is 5.77. The Morgan fingerprint density at radius 3 is 2.67 bits per heavy atom. The zero-order chi connectivity index (χ0) is 16.4. The second-order valence-electron chi connectivity index (χ2n) is 5.77. The number of nitriles is 1. The topological polar surface area (TPSA) is 52.3 Å². The van der Waals surface area contributed by atoms with Crippen molar-refractivity contribution in [3.8, 4) is 6.07 Å². The molecule has 4 rings (SSSR count). The molecule has 2 heterocycles. The van der Waals surface area contributed by atoms with E-state index in [1.807, 2.05) is 30.3 Å². The summed E-state index contributed by atoms with van der Waals surface area (Å²) in [5, 5.41) is 11.4. The van der Waals surface area contributed by atoms with Gasteiger partial charge in [-0.2, -0.15) is 5.26 Å². The van der Waals surface area contributed by atoms with Gasteiger partial charge in [-0.05, 0) is 23.6 Å². The molecule has 4 heteroatoms. The molecule has 116 valence electrons. The molecule has 0 spiro atoms. The second kappa shape index (κ2) is 6.13. The fourth-order valence-electron chi connectivity index (χ4n) is 3.15. The number of nitrogens with zero attached hydrogens (tertiary/aromatic N) is 4. The summed E-state index contributed by atoms with van der Waals surface area (Å²) in [4.78, 5) is 11.4. The van der Waals surface area contributed by atoms with Gasteiger partial charge < -0.3 is 4.90 Å². The lowest BCUT2D eigenvalue weighted by Gasteiger charge is -2.23. The number of aromatic nitrogens is 1. The van der Waals surface area contributed by atoms with Crippen molar-refractivity contribution in [1.82, 2.24) is 9.88 Å². The molecule has 1 aliphatic rings. The van der Waals surface area contributed by atoms with Gasteiger partial charge in [0.05, 0.1) is 30.4 Å². The minimum atomic E-state index is 0.457. The molecule has 1 aliphatic heterocycles. The first kappa shape index (κ1) is 14.4. The highest BCUT2D eigenvalue weighted by molar-refractivity contribution is 6.18. The average Bonchev–Trinajstić information content (AvgIpc) is 3.01. The Kier molecular flexibility index (Phi) is 3.68. The molecule has 0 radical (unpaired) electrons. The van der Waals surface area contributed by atoms with Crippen molar-refractivity contribution < 1.29 is 0 Å². The van der Waals surface area contributed by atoms with Crippen LogP contribution in [0.3, 0.4) is 0 Å². The van der Waals surface area contributed by atoms with E-state index in [1.165, 1.54) is 10.8 Å². The van der Waals surface area contributed by atoms with Crippen LogP contribution in [-0.4, -0.2) is 22.3 Å². The van der Waals surface area contributed by atoms with Gasteiger partial charge in [0.15, 0.2) is 0 Å². The SMILES string of the molecule is N#CCCN(Cc1ccccn1)C1=Nc2cccc3cccc1c23. The summed E-state index contributed by atoms with van der Waals surface area (Å²) in [5.41, 5.74) is 3.11. The molecule has 3 aromatic rings. The third-order valence-corrected chi connectivity index (χ3v) is 4.22. The highest BCUT2D eigenvalue weighted by atomic mass is 15.2. The van der Waals surface area contributed by atoms with E-state index in [-0.39, 0.29) is 0 Å². The van der Waals surface area contributed by atoms with Crippen LogP contribution in [0.2, 0.25) is 0 Å². The zero-order valence-electron chi connectivity index (χ0n) is 13.2. The highest BCUT2D eigenvalue weighted by Crippen LogP contribution is 2.36. The van der Waals surface area contributed by atoms with Crippen LogP contribution < -0.4 is 0 Å². The Labute approximate surface area is 140 Å². The third-order valence-electron chi connectivity index (χ3n) is 4.22. The van der Waals surface area contributed by atoms with Crippen molar-refractivity contribution in [3.63, 3.8) is 0 Å². The van der Waals surface area contributed by atoms with E-state index in [0.29, 0.717) is 19.5 Å². The Hall–Kier alpha value is -3.19. The molecule has 0 unspecified atom stereocenters. The van der Waals surface area contributed by atoms with Crippen LogP contribution in [0.5, 0.6) is 0 Å². The van der Waals surface area contributed by atoms with Crippen molar-refractivity contribution in [2.24, 2.45) is 4.99 Å². The van der Waals surface area contributed by atoms with Crippen LogP contribution >= 0.6 is 0 Å². The molecular formula is C20H16N4. The van der Waals surface area contributed by atoms with Gasteiger partial charge in [-0.3, -0.25) is 4.98 Å². The Bertz CT molecular complexity index is 949. The Balaban J connectivity index is 1.74. The summed E-state index contributed by atoms with van der Waals surface area (Å²) in [7, 11) is 0. The maximum absolute atomic E-state index is 9.02. The molecular weight excluding hydrogens is 296 g/mol. The van der Waals surface area contributed by atoms with Gasteiger partial charge >= 0.3 is 0 Å². The largest absolute Gasteiger partial charge is 0.349 e. The van der Waals surface area contributed by atoms with E-state index >= 15 is 0 Å². The van der Waals surface area contributed by atoms with Gasteiger partial charge in [0.1, 0.15) is 5.84 Å². The smallest absolute Gasteiger partial charge is 0.137 e. The normalized spacial score (nSPS) is 12.0. The summed E-state index contributed by atoms with van der Waals surface area (Å²) in [5.74, 6) is 0.933. The predicted octanol–water partition coefficient (Wildman–Crippen LogP) is 4.04. The number of benzene rings is 2. The zero-order valence-corrected chi connectivity index (χ0v) is 13.2. The molecule has 1 aromatic heterocycles. The van der Waals surface area contributed by atoms with Crippen LogP contribution in [-0.2, 0) is 6.54 Å². The van der Waals surface area contributed by atoms with E-state index in [2.05, 4.69) is 40.2 Å². The number of pyridine rings is 1. The van der Waals surface area contributed by atoms with E-state index in [9.17, 15) is 0 Å². The number of amidine groups is 1. The first-order valence-electron chi connectivity index (χ1n) is 7.99. The summed E-state index contributed by atoms with van der Waals surface area (Å²) in [6, 6.07) is 20.6. The third kappa shape index (κ3) is 2.50. The molecule has 0 saturated carbocycles. The quantitative estimate of drug-likeness (QED) is 0.730. The molecule has 2 aromatic carbocycles. The molecule has 0 atom stereocenters. The lowest BCUT2D eigenvalue weighted by atomic mass is 10.0. The lowest BCUT2D eigenvalue weighted by molar-refractivity contribution is 0.418. The number of aliphatic imine (C=N–C) groups is 1. The van der Waals surface area contributed by atoms with Crippen LogP contribution in [0.25, 0.3) is 10.8 Å². The summed E-state index contributed by atoms with van der Waals surface area (Å²) >= 11 is 0. The first-order chi connectivity index (χ1) is 11.9. The monoisotopic (exact) mass is 312 g/mol. The van der Waals surface area contributed by atoms with E-state index < -0.39 is 0 Å². The van der Waals surface area contributed by atoms with Gasteiger partial charge in [-0.1, -0.05) is 36.4 Å². The van der Waals surface area contributed by atoms with Gasteiger partial charge in [0.25, 0.3) is 0 Å². The van der Waals surface area contributed by atoms with Crippen LogP contribution in [0.1, 0.15) is 17.7 Å². The fraction of sp³-hybridized carbons (Fsp3) is 0.150. The molecule has 0 saturated heterocycles. The Morgan fingerprint density at radius 1 is 1.00 bits per heavy atom. The maximum atomic E-state index is 9.02. The van der Waals surface area contributed by atoms with Crippen LogP contribution in [0.15, 0.2) is 65.8 Å².